The smallest absolute Gasteiger partial charge is 0.433 e. The minimum absolute atomic E-state index is 0.0494. The van der Waals surface area contributed by atoms with E-state index < -0.39 is 29.0 Å². The Bertz CT molecular complexity index is 508. The quantitative estimate of drug-likeness (QED) is 0.863. The van der Waals surface area contributed by atoms with Crippen molar-refractivity contribution in [1.29, 1.82) is 0 Å². The highest BCUT2D eigenvalue weighted by Crippen LogP contribution is 2.29. The van der Waals surface area contributed by atoms with Crippen LogP contribution in [0.15, 0.2) is 4.79 Å². The molecule has 0 radical (unpaired) electrons. The molecule has 0 aliphatic heterocycles. The monoisotopic (exact) mass is 264 g/mol. The number of aliphatic carboxylic acids is 1. The Morgan fingerprint density at radius 2 is 2.06 bits per heavy atom. The number of hydrogen-bond donors (Lipinski definition) is 2. The number of aryl methyl sites for hydroxylation is 1. The molecule has 18 heavy (non-hydrogen) atoms. The van der Waals surface area contributed by atoms with Crippen molar-refractivity contribution in [3.8, 4) is 0 Å². The summed E-state index contributed by atoms with van der Waals surface area (Å²) in [5.74, 6) is -1.26. The molecule has 0 aromatic carbocycles. The number of nitrogens with zero attached hydrogens (tertiary/aromatic N) is 1. The van der Waals surface area contributed by atoms with E-state index in [4.69, 9.17) is 5.11 Å². The number of aromatic amines is 1. The molecule has 0 saturated carbocycles. The summed E-state index contributed by atoms with van der Waals surface area (Å²) < 4.78 is 38.0. The van der Waals surface area contributed by atoms with Gasteiger partial charge in [0.15, 0.2) is 5.69 Å². The number of carbonyl (C=O) groups is 1. The van der Waals surface area contributed by atoms with Crippen LogP contribution in [0.5, 0.6) is 0 Å². The molecule has 1 aromatic heterocycles. The van der Waals surface area contributed by atoms with Crippen LogP contribution in [0.4, 0.5) is 13.2 Å². The van der Waals surface area contributed by atoms with Crippen LogP contribution in [0.2, 0.25) is 0 Å². The lowest BCUT2D eigenvalue weighted by atomic mass is 10.1. The summed E-state index contributed by atoms with van der Waals surface area (Å²) >= 11 is 0. The zero-order valence-electron chi connectivity index (χ0n) is 9.47. The SMILES string of the molecule is Cc1nc(C(F)(F)F)c(CCCC(=O)O)c(=O)[nH]1. The highest BCUT2D eigenvalue weighted by Gasteiger charge is 2.36. The third-order valence-corrected chi connectivity index (χ3v) is 2.22. The van der Waals surface area contributed by atoms with Gasteiger partial charge >= 0.3 is 12.1 Å². The van der Waals surface area contributed by atoms with Crippen LogP contribution in [0, 0.1) is 6.92 Å². The van der Waals surface area contributed by atoms with Gasteiger partial charge in [0.1, 0.15) is 5.82 Å². The van der Waals surface area contributed by atoms with Gasteiger partial charge in [-0.3, -0.25) is 9.59 Å². The van der Waals surface area contributed by atoms with Crippen molar-refractivity contribution in [3.05, 3.63) is 27.4 Å². The van der Waals surface area contributed by atoms with Gasteiger partial charge in [-0.05, 0) is 19.8 Å². The Kier molecular flexibility index (Phi) is 4.10. The minimum Gasteiger partial charge on any atom is -0.481 e. The number of nitrogens with one attached hydrogen (secondary N) is 1. The predicted octanol–water partition coefficient (Wildman–Crippen LogP) is 1.50. The molecule has 0 atom stereocenters. The van der Waals surface area contributed by atoms with Crippen molar-refractivity contribution >= 4 is 5.97 Å². The number of hydrogen-bond acceptors (Lipinski definition) is 3. The number of carboxylic acid groups (broad SMARTS) is 1. The summed E-state index contributed by atoms with van der Waals surface area (Å²) in [6.07, 6.45) is -5.35. The molecular formula is C10H11F3N2O3. The Hall–Kier alpha value is -1.86. The zero-order valence-corrected chi connectivity index (χ0v) is 9.47. The van der Waals surface area contributed by atoms with E-state index in [0.717, 1.165) is 0 Å². The van der Waals surface area contributed by atoms with E-state index in [9.17, 15) is 22.8 Å². The molecule has 0 amide bonds. The number of halogens is 3. The summed E-state index contributed by atoms with van der Waals surface area (Å²) in [6, 6.07) is 0. The van der Waals surface area contributed by atoms with Crippen molar-refractivity contribution in [2.75, 3.05) is 0 Å². The van der Waals surface area contributed by atoms with E-state index in [2.05, 4.69) is 9.97 Å². The maximum atomic E-state index is 12.7. The standard InChI is InChI=1S/C10H11F3N2O3/c1-5-14-8(10(11,12)13)6(9(18)15-5)3-2-4-7(16)17/h2-4H2,1H3,(H,16,17)(H,14,15,18). The normalized spacial score (nSPS) is 11.6. The third kappa shape index (κ3) is 3.57. The van der Waals surface area contributed by atoms with Crippen LogP contribution in [0.25, 0.3) is 0 Å². The maximum Gasteiger partial charge on any atom is 0.433 e. The predicted molar refractivity (Wildman–Crippen MR) is 55.2 cm³/mol. The molecule has 0 fully saturated rings. The van der Waals surface area contributed by atoms with Crippen LogP contribution < -0.4 is 5.56 Å². The highest BCUT2D eigenvalue weighted by atomic mass is 19.4. The molecule has 0 bridgehead atoms. The molecule has 1 heterocycles. The Morgan fingerprint density at radius 3 is 2.56 bits per heavy atom. The second-order valence-electron chi connectivity index (χ2n) is 3.72. The average molecular weight is 264 g/mol. The fourth-order valence-corrected chi connectivity index (χ4v) is 1.49. The molecule has 0 aliphatic rings. The summed E-state index contributed by atoms with van der Waals surface area (Å²) in [5.41, 5.74) is -2.64. The average Bonchev–Trinajstić information content (AvgIpc) is 2.18. The van der Waals surface area contributed by atoms with Gasteiger partial charge in [0.25, 0.3) is 5.56 Å². The second kappa shape index (κ2) is 5.19. The number of rotatable bonds is 4. The lowest BCUT2D eigenvalue weighted by Gasteiger charge is -2.11. The van der Waals surface area contributed by atoms with Gasteiger partial charge in [0, 0.05) is 12.0 Å². The number of alkyl halides is 3. The third-order valence-electron chi connectivity index (χ3n) is 2.22. The summed E-state index contributed by atoms with van der Waals surface area (Å²) in [7, 11) is 0. The van der Waals surface area contributed by atoms with Gasteiger partial charge in [-0.25, -0.2) is 4.98 Å². The fourth-order valence-electron chi connectivity index (χ4n) is 1.49. The van der Waals surface area contributed by atoms with Gasteiger partial charge in [0.2, 0.25) is 0 Å². The van der Waals surface area contributed by atoms with Gasteiger partial charge in [-0.15, -0.1) is 0 Å². The van der Waals surface area contributed by atoms with Crippen LogP contribution in [0.1, 0.15) is 29.9 Å². The Balaban J connectivity index is 3.09. The first-order valence-corrected chi connectivity index (χ1v) is 5.10. The van der Waals surface area contributed by atoms with Gasteiger partial charge in [-0.1, -0.05) is 0 Å². The number of H-pyrrole nitrogens is 1. The zero-order chi connectivity index (χ0) is 13.9. The molecule has 2 N–H and O–H groups in total. The molecule has 1 aromatic rings. The van der Waals surface area contributed by atoms with Gasteiger partial charge in [0.05, 0.1) is 0 Å². The van der Waals surface area contributed by atoms with E-state index in [1.54, 1.807) is 0 Å². The Labute approximate surface area is 99.7 Å². The summed E-state index contributed by atoms with van der Waals surface area (Å²) in [4.78, 5) is 27.2. The molecule has 0 saturated heterocycles. The van der Waals surface area contributed by atoms with E-state index in [1.807, 2.05) is 0 Å². The van der Waals surface area contributed by atoms with Gasteiger partial charge < -0.3 is 10.1 Å². The van der Waals surface area contributed by atoms with Crippen LogP contribution in [0.3, 0.4) is 0 Å². The number of aromatic nitrogens is 2. The minimum atomic E-state index is -4.72. The first kappa shape index (κ1) is 14.2. The maximum absolute atomic E-state index is 12.7. The van der Waals surface area contributed by atoms with Crippen molar-refractivity contribution in [3.63, 3.8) is 0 Å². The van der Waals surface area contributed by atoms with E-state index >= 15 is 0 Å². The molecule has 8 heteroatoms. The fraction of sp³-hybridized carbons (Fsp3) is 0.500. The first-order chi connectivity index (χ1) is 8.21. The van der Waals surface area contributed by atoms with E-state index in [1.165, 1.54) is 6.92 Å². The molecule has 0 unspecified atom stereocenters. The summed E-state index contributed by atoms with van der Waals surface area (Å²) in [6.45, 7) is 1.25. The van der Waals surface area contributed by atoms with Crippen LogP contribution in [-0.2, 0) is 17.4 Å². The Morgan fingerprint density at radius 1 is 1.44 bits per heavy atom. The van der Waals surface area contributed by atoms with E-state index in [0.29, 0.717) is 0 Å². The van der Waals surface area contributed by atoms with E-state index in [-0.39, 0.29) is 25.1 Å². The molecule has 5 nitrogen and oxygen atoms in total. The lowest BCUT2D eigenvalue weighted by molar-refractivity contribution is -0.142. The number of carboxylic acids is 1. The topological polar surface area (TPSA) is 83.0 Å². The highest BCUT2D eigenvalue weighted by molar-refractivity contribution is 5.66. The van der Waals surface area contributed by atoms with Crippen molar-refractivity contribution in [2.24, 2.45) is 0 Å². The molecule has 0 spiro atoms. The lowest BCUT2D eigenvalue weighted by Crippen LogP contribution is -2.24. The molecule has 100 valence electrons. The summed E-state index contributed by atoms with van der Waals surface area (Å²) in [5, 5.41) is 8.41. The molecule has 0 aliphatic carbocycles. The largest absolute Gasteiger partial charge is 0.481 e. The van der Waals surface area contributed by atoms with Crippen molar-refractivity contribution in [2.45, 2.75) is 32.4 Å². The van der Waals surface area contributed by atoms with Crippen molar-refractivity contribution in [1.82, 2.24) is 9.97 Å². The molecular weight excluding hydrogens is 253 g/mol. The van der Waals surface area contributed by atoms with Crippen LogP contribution in [-0.4, -0.2) is 21.0 Å². The first-order valence-electron chi connectivity index (χ1n) is 5.10. The van der Waals surface area contributed by atoms with Crippen LogP contribution >= 0.6 is 0 Å². The second-order valence-corrected chi connectivity index (χ2v) is 3.72. The van der Waals surface area contributed by atoms with Gasteiger partial charge in [-0.2, -0.15) is 13.2 Å². The van der Waals surface area contributed by atoms with Crippen molar-refractivity contribution < 1.29 is 23.1 Å². The molecule has 1 rings (SSSR count).